The maximum atomic E-state index is 11.5. The largest absolute Gasteiger partial charge is 0.476 e. The number of pyridine rings is 2. The Labute approximate surface area is 113 Å². The molecular formula is C13H8ClN3O2. The van der Waals surface area contributed by atoms with E-state index in [1.165, 1.54) is 4.40 Å². The first-order chi connectivity index (χ1) is 9.18. The zero-order valence-electron chi connectivity index (χ0n) is 9.62. The number of nitrogens with zero attached hydrogens (tertiary/aromatic N) is 3. The first-order valence-electron chi connectivity index (χ1n) is 5.49. The Morgan fingerprint density at radius 1 is 1.26 bits per heavy atom. The second-order valence-electron chi connectivity index (χ2n) is 3.90. The zero-order chi connectivity index (χ0) is 13.4. The SMILES string of the molecule is O=C(O)c1c(-c2ccncc2)nc2c(Cl)cccn12. The van der Waals surface area contributed by atoms with Gasteiger partial charge in [-0.05, 0) is 24.3 Å². The van der Waals surface area contributed by atoms with Crippen LogP contribution in [0.1, 0.15) is 10.5 Å². The smallest absolute Gasteiger partial charge is 0.355 e. The lowest BCUT2D eigenvalue weighted by molar-refractivity contribution is 0.0690. The van der Waals surface area contributed by atoms with Crippen LogP contribution in [0, 0.1) is 0 Å². The molecule has 0 saturated carbocycles. The van der Waals surface area contributed by atoms with Crippen molar-refractivity contribution in [3.63, 3.8) is 0 Å². The summed E-state index contributed by atoms with van der Waals surface area (Å²) in [5.41, 5.74) is 1.58. The van der Waals surface area contributed by atoms with Crippen molar-refractivity contribution in [3.8, 4) is 11.3 Å². The molecule has 0 bridgehead atoms. The molecule has 3 aromatic heterocycles. The van der Waals surface area contributed by atoms with E-state index < -0.39 is 5.97 Å². The zero-order valence-corrected chi connectivity index (χ0v) is 10.4. The molecular weight excluding hydrogens is 266 g/mol. The molecule has 94 valence electrons. The lowest BCUT2D eigenvalue weighted by Gasteiger charge is -1.99. The number of aromatic nitrogens is 3. The van der Waals surface area contributed by atoms with Crippen molar-refractivity contribution in [1.29, 1.82) is 0 Å². The molecule has 0 aliphatic carbocycles. The van der Waals surface area contributed by atoms with E-state index in [0.29, 0.717) is 21.9 Å². The van der Waals surface area contributed by atoms with Crippen LogP contribution in [0.4, 0.5) is 0 Å². The number of carbonyl (C=O) groups is 1. The monoisotopic (exact) mass is 273 g/mol. The van der Waals surface area contributed by atoms with Gasteiger partial charge in [-0.15, -0.1) is 0 Å². The highest BCUT2D eigenvalue weighted by Crippen LogP contribution is 2.27. The fourth-order valence-electron chi connectivity index (χ4n) is 1.95. The maximum absolute atomic E-state index is 11.5. The summed E-state index contributed by atoms with van der Waals surface area (Å²) in [4.78, 5) is 19.7. The van der Waals surface area contributed by atoms with Crippen LogP contribution in [0.3, 0.4) is 0 Å². The van der Waals surface area contributed by atoms with Gasteiger partial charge in [-0.2, -0.15) is 0 Å². The van der Waals surface area contributed by atoms with Crippen LogP contribution >= 0.6 is 11.6 Å². The van der Waals surface area contributed by atoms with Gasteiger partial charge < -0.3 is 5.11 Å². The van der Waals surface area contributed by atoms with Crippen LogP contribution < -0.4 is 0 Å². The third-order valence-corrected chi connectivity index (χ3v) is 3.05. The minimum Gasteiger partial charge on any atom is -0.476 e. The standard InChI is InChI=1S/C13H8ClN3O2/c14-9-2-1-7-17-11(13(18)19)10(16-12(9)17)8-3-5-15-6-4-8/h1-7H,(H,18,19). The fraction of sp³-hybridized carbons (Fsp3) is 0. The highest BCUT2D eigenvalue weighted by atomic mass is 35.5. The van der Waals surface area contributed by atoms with Gasteiger partial charge in [-0.25, -0.2) is 9.78 Å². The predicted octanol–water partition coefficient (Wildman–Crippen LogP) is 2.75. The number of imidazole rings is 1. The first-order valence-corrected chi connectivity index (χ1v) is 5.86. The molecule has 1 N–H and O–H groups in total. The van der Waals surface area contributed by atoms with Gasteiger partial charge in [0.1, 0.15) is 5.69 Å². The Morgan fingerprint density at radius 2 is 2.00 bits per heavy atom. The predicted molar refractivity (Wildman–Crippen MR) is 70.4 cm³/mol. The molecule has 3 rings (SSSR count). The molecule has 0 aromatic carbocycles. The number of hydrogen-bond donors (Lipinski definition) is 1. The van der Waals surface area contributed by atoms with Gasteiger partial charge in [0, 0.05) is 24.2 Å². The maximum Gasteiger partial charge on any atom is 0.355 e. The first kappa shape index (κ1) is 11.7. The number of halogens is 1. The molecule has 3 heterocycles. The van der Waals surface area contributed by atoms with E-state index in [2.05, 4.69) is 9.97 Å². The number of carboxylic acids is 1. The minimum atomic E-state index is -1.05. The summed E-state index contributed by atoms with van der Waals surface area (Å²) >= 11 is 6.05. The van der Waals surface area contributed by atoms with Crippen LogP contribution in [0.2, 0.25) is 5.02 Å². The van der Waals surface area contributed by atoms with Crippen molar-refractivity contribution in [2.45, 2.75) is 0 Å². The summed E-state index contributed by atoms with van der Waals surface area (Å²) in [7, 11) is 0. The van der Waals surface area contributed by atoms with Gasteiger partial charge in [0.25, 0.3) is 0 Å². The van der Waals surface area contributed by atoms with E-state index in [4.69, 9.17) is 11.6 Å². The number of aromatic carboxylic acids is 1. The van der Waals surface area contributed by atoms with Crippen molar-refractivity contribution in [3.05, 3.63) is 53.6 Å². The lowest BCUT2D eigenvalue weighted by atomic mass is 10.1. The Morgan fingerprint density at radius 3 is 2.68 bits per heavy atom. The molecule has 0 unspecified atom stereocenters. The molecule has 0 spiro atoms. The number of hydrogen-bond acceptors (Lipinski definition) is 3. The molecule has 0 fully saturated rings. The van der Waals surface area contributed by atoms with E-state index >= 15 is 0 Å². The van der Waals surface area contributed by atoms with Crippen molar-refractivity contribution in [2.75, 3.05) is 0 Å². The molecule has 0 radical (unpaired) electrons. The summed E-state index contributed by atoms with van der Waals surface area (Å²) in [5, 5.41) is 9.79. The summed E-state index contributed by atoms with van der Waals surface area (Å²) in [6.07, 6.45) is 4.81. The second-order valence-corrected chi connectivity index (χ2v) is 4.31. The van der Waals surface area contributed by atoms with Crippen LogP contribution in [-0.4, -0.2) is 25.4 Å². The number of fused-ring (bicyclic) bond motifs is 1. The third kappa shape index (κ3) is 1.84. The summed E-state index contributed by atoms with van der Waals surface area (Å²) < 4.78 is 1.47. The highest BCUT2D eigenvalue weighted by molar-refractivity contribution is 6.33. The van der Waals surface area contributed by atoms with E-state index in [1.807, 2.05) is 0 Å². The summed E-state index contributed by atoms with van der Waals surface area (Å²) in [5.74, 6) is -1.05. The molecule has 3 aromatic rings. The van der Waals surface area contributed by atoms with Gasteiger partial charge in [-0.1, -0.05) is 11.6 Å². The Balaban J connectivity index is 2.39. The van der Waals surface area contributed by atoms with E-state index in [-0.39, 0.29) is 5.69 Å². The average molecular weight is 274 g/mol. The summed E-state index contributed by atoms with van der Waals surface area (Å²) in [6, 6.07) is 6.77. The van der Waals surface area contributed by atoms with E-state index in [1.54, 1.807) is 42.9 Å². The minimum absolute atomic E-state index is 0.0868. The van der Waals surface area contributed by atoms with Crippen molar-refractivity contribution < 1.29 is 9.90 Å². The highest BCUT2D eigenvalue weighted by Gasteiger charge is 2.20. The quantitative estimate of drug-likeness (QED) is 0.779. The Kier molecular flexibility index (Phi) is 2.68. The second kappa shape index (κ2) is 4.37. The molecule has 19 heavy (non-hydrogen) atoms. The average Bonchev–Trinajstić information content (AvgIpc) is 2.81. The van der Waals surface area contributed by atoms with Crippen LogP contribution in [0.5, 0.6) is 0 Å². The molecule has 0 aliphatic heterocycles. The van der Waals surface area contributed by atoms with E-state index in [9.17, 15) is 9.90 Å². The Bertz CT molecular complexity index is 768. The molecule has 0 atom stereocenters. The Hall–Kier alpha value is -2.40. The third-order valence-electron chi connectivity index (χ3n) is 2.76. The van der Waals surface area contributed by atoms with Gasteiger partial charge in [0.05, 0.1) is 5.02 Å². The molecule has 0 amide bonds. The van der Waals surface area contributed by atoms with Gasteiger partial charge >= 0.3 is 5.97 Å². The lowest BCUT2D eigenvalue weighted by Crippen LogP contribution is -2.03. The van der Waals surface area contributed by atoms with E-state index in [0.717, 1.165) is 0 Å². The van der Waals surface area contributed by atoms with Crippen LogP contribution in [0.15, 0.2) is 42.9 Å². The molecule has 0 aliphatic rings. The molecule has 5 nitrogen and oxygen atoms in total. The number of rotatable bonds is 2. The van der Waals surface area contributed by atoms with Gasteiger partial charge in [0.2, 0.25) is 0 Å². The topological polar surface area (TPSA) is 67.5 Å². The molecule has 0 saturated heterocycles. The van der Waals surface area contributed by atoms with Crippen LogP contribution in [-0.2, 0) is 0 Å². The summed E-state index contributed by atoms with van der Waals surface area (Å²) in [6.45, 7) is 0. The van der Waals surface area contributed by atoms with Crippen molar-refractivity contribution in [1.82, 2.24) is 14.4 Å². The van der Waals surface area contributed by atoms with Crippen molar-refractivity contribution in [2.24, 2.45) is 0 Å². The van der Waals surface area contributed by atoms with Crippen LogP contribution in [0.25, 0.3) is 16.9 Å². The van der Waals surface area contributed by atoms with Gasteiger partial charge in [0.15, 0.2) is 11.3 Å². The van der Waals surface area contributed by atoms with Crippen molar-refractivity contribution >= 4 is 23.2 Å². The normalized spacial score (nSPS) is 10.8. The molecule has 6 heteroatoms. The number of carboxylic acid groups (broad SMARTS) is 1. The fourth-order valence-corrected chi connectivity index (χ4v) is 2.16. The van der Waals surface area contributed by atoms with Gasteiger partial charge in [-0.3, -0.25) is 9.38 Å².